The maximum Gasteiger partial charge on any atom is 0.242 e. The molecule has 7 nitrogen and oxygen atoms in total. The number of carbonyl (C=O) groups excluding carboxylic acids is 1. The van der Waals surface area contributed by atoms with E-state index in [1.165, 1.54) is 0 Å². The van der Waals surface area contributed by atoms with E-state index in [0.29, 0.717) is 24.7 Å². The molecule has 1 N–H and O–H groups in total. The number of nitrogens with zero attached hydrogens (tertiary/aromatic N) is 2. The maximum absolute atomic E-state index is 12.6. The molecular weight excluding hydrogens is 358 g/mol. The lowest BCUT2D eigenvalue weighted by atomic mass is 10.0. The lowest BCUT2D eigenvalue weighted by Crippen LogP contribution is -2.28. The number of para-hydroxylation sites is 1. The van der Waals surface area contributed by atoms with Gasteiger partial charge in [0.1, 0.15) is 30.4 Å². The molecule has 1 aliphatic rings. The SMILES string of the molecule is COc1ccc(OC)c(CNC(=O)Cn2ncc3c2-c2ccccc2OC3)c1. The Bertz CT molecular complexity index is 1010. The van der Waals surface area contributed by atoms with Crippen LogP contribution < -0.4 is 19.5 Å². The number of rotatable bonds is 6. The van der Waals surface area contributed by atoms with E-state index < -0.39 is 0 Å². The van der Waals surface area contributed by atoms with Crippen LogP contribution in [0.25, 0.3) is 11.3 Å². The Hall–Kier alpha value is -3.48. The van der Waals surface area contributed by atoms with Crippen LogP contribution >= 0.6 is 0 Å². The van der Waals surface area contributed by atoms with Crippen LogP contribution in [0.15, 0.2) is 48.7 Å². The van der Waals surface area contributed by atoms with E-state index in [2.05, 4.69) is 10.4 Å². The second kappa shape index (κ2) is 7.64. The highest BCUT2D eigenvalue weighted by atomic mass is 16.5. The van der Waals surface area contributed by atoms with Crippen molar-refractivity contribution in [3.05, 3.63) is 59.8 Å². The Morgan fingerprint density at radius 1 is 1.21 bits per heavy atom. The predicted octanol–water partition coefficient (Wildman–Crippen LogP) is 2.78. The van der Waals surface area contributed by atoms with Crippen LogP contribution in [-0.4, -0.2) is 29.9 Å². The zero-order valence-corrected chi connectivity index (χ0v) is 15.8. The zero-order chi connectivity index (χ0) is 19.5. The lowest BCUT2D eigenvalue weighted by molar-refractivity contribution is -0.122. The summed E-state index contributed by atoms with van der Waals surface area (Å²) in [5.41, 5.74) is 3.69. The third kappa shape index (κ3) is 3.38. The summed E-state index contributed by atoms with van der Waals surface area (Å²) < 4.78 is 18.1. The number of hydrogen-bond acceptors (Lipinski definition) is 5. The van der Waals surface area contributed by atoms with E-state index in [-0.39, 0.29) is 12.5 Å². The van der Waals surface area contributed by atoms with Gasteiger partial charge in [-0.15, -0.1) is 0 Å². The summed E-state index contributed by atoms with van der Waals surface area (Å²) in [6, 6.07) is 13.3. The average molecular weight is 379 g/mol. The van der Waals surface area contributed by atoms with E-state index in [1.807, 2.05) is 42.5 Å². The van der Waals surface area contributed by atoms with Crippen LogP contribution in [0.5, 0.6) is 17.2 Å². The molecule has 0 radical (unpaired) electrons. The van der Waals surface area contributed by atoms with Crippen LogP contribution in [0, 0.1) is 0 Å². The van der Waals surface area contributed by atoms with Gasteiger partial charge in [-0.3, -0.25) is 9.48 Å². The fourth-order valence-corrected chi connectivity index (χ4v) is 3.31. The molecule has 4 rings (SSSR count). The fraction of sp³-hybridized carbons (Fsp3) is 0.238. The van der Waals surface area contributed by atoms with Crippen molar-refractivity contribution in [1.29, 1.82) is 0 Å². The summed E-state index contributed by atoms with van der Waals surface area (Å²) in [6.45, 7) is 0.910. The van der Waals surface area contributed by atoms with E-state index >= 15 is 0 Å². The normalized spacial score (nSPS) is 11.8. The number of hydrogen-bond donors (Lipinski definition) is 1. The second-order valence-corrected chi connectivity index (χ2v) is 6.42. The number of aromatic nitrogens is 2. The smallest absolute Gasteiger partial charge is 0.242 e. The van der Waals surface area contributed by atoms with Crippen LogP contribution in [0.1, 0.15) is 11.1 Å². The van der Waals surface area contributed by atoms with Crippen LogP contribution in [0.3, 0.4) is 0 Å². The lowest BCUT2D eigenvalue weighted by Gasteiger charge is -2.19. The number of ether oxygens (including phenoxy) is 3. The first kappa shape index (κ1) is 17.9. The van der Waals surface area contributed by atoms with Gasteiger partial charge in [0.15, 0.2) is 0 Å². The Morgan fingerprint density at radius 3 is 2.89 bits per heavy atom. The molecular formula is C21H21N3O4. The van der Waals surface area contributed by atoms with Crippen molar-refractivity contribution in [2.24, 2.45) is 0 Å². The summed E-state index contributed by atoms with van der Waals surface area (Å²) in [4.78, 5) is 12.6. The first-order chi connectivity index (χ1) is 13.7. The summed E-state index contributed by atoms with van der Waals surface area (Å²) in [7, 11) is 3.20. The first-order valence-electron chi connectivity index (χ1n) is 8.94. The van der Waals surface area contributed by atoms with Gasteiger partial charge in [0, 0.05) is 23.2 Å². The van der Waals surface area contributed by atoms with Gasteiger partial charge in [-0.2, -0.15) is 5.10 Å². The number of fused-ring (bicyclic) bond motifs is 3. The summed E-state index contributed by atoms with van der Waals surface area (Å²) in [6.07, 6.45) is 1.75. The molecule has 144 valence electrons. The van der Waals surface area contributed by atoms with Crippen molar-refractivity contribution in [2.45, 2.75) is 19.7 Å². The number of methoxy groups -OCH3 is 2. The number of nitrogens with one attached hydrogen (secondary N) is 1. The molecule has 1 amide bonds. The van der Waals surface area contributed by atoms with Crippen molar-refractivity contribution in [2.75, 3.05) is 14.2 Å². The molecule has 1 aromatic heterocycles. The molecule has 0 unspecified atom stereocenters. The molecule has 3 aromatic rings. The molecule has 0 fully saturated rings. The molecule has 0 saturated heterocycles. The molecule has 0 aliphatic carbocycles. The highest BCUT2D eigenvalue weighted by molar-refractivity contribution is 5.78. The Labute approximate surface area is 162 Å². The molecule has 2 heterocycles. The molecule has 0 saturated carbocycles. The van der Waals surface area contributed by atoms with Gasteiger partial charge >= 0.3 is 0 Å². The summed E-state index contributed by atoms with van der Waals surface area (Å²) >= 11 is 0. The number of amides is 1. The molecule has 2 aromatic carbocycles. The topological polar surface area (TPSA) is 74.6 Å². The monoisotopic (exact) mass is 379 g/mol. The third-order valence-electron chi connectivity index (χ3n) is 4.70. The average Bonchev–Trinajstić information content (AvgIpc) is 3.15. The standard InChI is InChI=1S/C21H21N3O4/c1-26-16-7-8-18(27-2)14(9-16)10-22-20(25)12-24-21-15(11-23-24)13-28-19-6-4-3-5-17(19)21/h3-9,11H,10,12-13H2,1-2H3,(H,22,25). The van der Waals surface area contributed by atoms with Gasteiger partial charge in [0.2, 0.25) is 5.91 Å². The fourth-order valence-electron chi connectivity index (χ4n) is 3.31. The van der Waals surface area contributed by atoms with Crippen molar-refractivity contribution in [1.82, 2.24) is 15.1 Å². The zero-order valence-electron chi connectivity index (χ0n) is 15.8. The van der Waals surface area contributed by atoms with E-state index in [9.17, 15) is 4.79 Å². The molecule has 28 heavy (non-hydrogen) atoms. The third-order valence-corrected chi connectivity index (χ3v) is 4.70. The van der Waals surface area contributed by atoms with Gasteiger partial charge in [0.25, 0.3) is 0 Å². The van der Waals surface area contributed by atoms with E-state index in [0.717, 1.165) is 28.1 Å². The summed E-state index contributed by atoms with van der Waals surface area (Å²) in [5.74, 6) is 2.07. The molecule has 0 atom stereocenters. The number of benzene rings is 2. The van der Waals surface area contributed by atoms with E-state index in [1.54, 1.807) is 25.1 Å². The minimum absolute atomic E-state index is 0.121. The molecule has 0 bridgehead atoms. The Morgan fingerprint density at radius 2 is 2.07 bits per heavy atom. The van der Waals surface area contributed by atoms with Crippen molar-refractivity contribution in [3.8, 4) is 28.5 Å². The predicted molar refractivity (Wildman–Crippen MR) is 103 cm³/mol. The van der Waals surface area contributed by atoms with Crippen LogP contribution in [0.4, 0.5) is 0 Å². The minimum Gasteiger partial charge on any atom is -0.497 e. The largest absolute Gasteiger partial charge is 0.497 e. The molecule has 1 aliphatic heterocycles. The Balaban J connectivity index is 1.49. The van der Waals surface area contributed by atoms with Gasteiger partial charge in [-0.1, -0.05) is 12.1 Å². The van der Waals surface area contributed by atoms with Gasteiger partial charge in [0.05, 0.1) is 26.1 Å². The number of carbonyl (C=O) groups is 1. The van der Waals surface area contributed by atoms with E-state index in [4.69, 9.17) is 14.2 Å². The van der Waals surface area contributed by atoms with Gasteiger partial charge in [-0.05, 0) is 30.3 Å². The van der Waals surface area contributed by atoms with Crippen molar-refractivity contribution in [3.63, 3.8) is 0 Å². The minimum atomic E-state index is -0.139. The van der Waals surface area contributed by atoms with Gasteiger partial charge in [-0.25, -0.2) is 0 Å². The molecule has 0 spiro atoms. The van der Waals surface area contributed by atoms with Crippen molar-refractivity contribution >= 4 is 5.91 Å². The second-order valence-electron chi connectivity index (χ2n) is 6.42. The Kier molecular flexibility index (Phi) is 4.89. The molecule has 7 heteroatoms. The van der Waals surface area contributed by atoms with Gasteiger partial charge < -0.3 is 19.5 Å². The highest BCUT2D eigenvalue weighted by Crippen LogP contribution is 2.36. The highest BCUT2D eigenvalue weighted by Gasteiger charge is 2.22. The first-order valence-corrected chi connectivity index (χ1v) is 8.94. The maximum atomic E-state index is 12.6. The quantitative estimate of drug-likeness (QED) is 0.713. The summed E-state index contributed by atoms with van der Waals surface area (Å²) in [5, 5.41) is 7.31. The van der Waals surface area contributed by atoms with Crippen molar-refractivity contribution < 1.29 is 19.0 Å². The van der Waals surface area contributed by atoms with Crippen LogP contribution in [-0.2, 0) is 24.5 Å². The van der Waals surface area contributed by atoms with Crippen LogP contribution in [0.2, 0.25) is 0 Å².